The molecular weight excluding hydrogens is 423 g/mol. The number of benzene rings is 2. The van der Waals surface area contributed by atoms with Gasteiger partial charge in [-0.15, -0.1) is 0 Å². The van der Waals surface area contributed by atoms with Crippen LogP contribution in [-0.2, 0) is 4.79 Å². The molecule has 2 amide bonds. The van der Waals surface area contributed by atoms with Gasteiger partial charge in [-0.2, -0.15) is 0 Å². The summed E-state index contributed by atoms with van der Waals surface area (Å²) in [5.41, 5.74) is 0.367. The highest BCUT2D eigenvalue weighted by Gasteiger charge is 2.34. The average molecular weight is 457 g/mol. The minimum absolute atomic E-state index is 0.0833. The Hall–Kier alpha value is -3.09. The van der Waals surface area contributed by atoms with Gasteiger partial charge in [0.2, 0.25) is 5.91 Å². The van der Waals surface area contributed by atoms with Crippen LogP contribution in [0.5, 0.6) is 11.5 Å². The first-order valence-corrected chi connectivity index (χ1v) is 11.6. The fourth-order valence-electron chi connectivity index (χ4n) is 4.32. The van der Waals surface area contributed by atoms with Crippen molar-refractivity contribution >= 4 is 17.5 Å². The topological polar surface area (TPSA) is 67.9 Å². The molecule has 1 N–H and O–H groups in total. The van der Waals surface area contributed by atoms with Gasteiger partial charge in [0.1, 0.15) is 11.9 Å². The zero-order valence-electron chi connectivity index (χ0n) is 19.6. The zero-order chi connectivity index (χ0) is 23.8. The summed E-state index contributed by atoms with van der Waals surface area (Å²) in [4.78, 5) is 28.5. The second-order valence-electron chi connectivity index (χ2n) is 8.34. The third-order valence-corrected chi connectivity index (χ3v) is 6.11. The van der Waals surface area contributed by atoms with Crippen LogP contribution in [0.15, 0.2) is 42.5 Å². The van der Waals surface area contributed by atoms with Crippen molar-refractivity contribution in [3.63, 3.8) is 0 Å². The summed E-state index contributed by atoms with van der Waals surface area (Å²) >= 11 is 0. The van der Waals surface area contributed by atoms with Crippen molar-refractivity contribution in [1.29, 1.82) is 0 Å². The highest BCUT2D eigenvalue weighted by molar-refractivity contribution is 6.10. The Labute approximate surface area is 195 Å². The van der Waals surface area contributed by atoms with Crippen LogP contribution in [0, 0.1) is 5.82 Å². The van der Waals surface area contributed by atoms with Gasteiger partial charge in [-0.05, 0) is 49.6 Å². The first-order chi connectivity index (χ1) is 16.0. The van der Waals surface area contributed by atoms with E-state index in [-0.39, 0.29) is 23.2 Å². The van der Waals surface area contributed by atoms with Crippen LogP contribution >= 0.6 is 0 Å². The molecule has 2 aromatic rings. The number of methoxy groups -OCH3 is 2. The zero-order valence-corrected chi connectivity index (χ0v) is 19.6. The lowest BCUT2D eigenvalue weighted by Crippen LogP contribution is -2.52. The number of nitrogens with one attached hydrogen (secondary N) is 1. The number of anilines is 1. The Morgan fingerprint density at radius 3 is 2.42 bits per heavy atom. The van der Waals surface area contributed by atoms with E-state index < -0.39 is 17.8 Å². The number of ether oxygens (including phenoxy) is 2. The highest BCUT2D eigenvalue weighted by atomic mass is 19.1. The van der Waals surface area contributed by atoms with Crippen LogP contribution in [0.2, 0.25) is 0 Å². The van der Waals surface area contributed by atoms with Crippen LogP contribution in [0.3, 0.4) is 0 Å². The second kappa shape index (κ2) is 11.7. The summed E-state index contributed by atoms with van der Waals surface area (Å²) in [7, 11) is 3.00. The molecule has 1 aliphatic rings. The molecule has 0 spiro atoms. The average Bonchev–Trinajstić information content (AvgIpc) is 3.34. The summed E-state index contributed by atoms with van der Waals surface area (Å²) in [5, 5.41) is 3.10. The molecule has 1 aliphatic carbocycles. The van der Waals surface area contributed by atoms with Crippen molar-refractivity contribution in [2.24, 2.45) is 0 Å². The number of halogens is 1. The summed E-state index contributed by atoms with van der Waals surface area (Å²) in [5.74, 6) is -0.400. The molecule has 6 nitrogen and oxygen atoms in total. The first kappa shape index (κ1) is 24.6. The number of hydrogen-bond acceptors (Lipinski definition) is 4. The summed E-state index contributed by atoms with van der Waals surface area (Å²) in [6.07, 6.45) is 6.02. The van der Waals surface area contributed by atoms with Gasteiger partial charge in [-0.3, -0.25) is 14.5 Å². The van der Waals surface area contributed by atoms with E-state index in [1.807, 2.05) is 6.92 Å². The Balaban J connectivity index is 2.03. The van der Waals surface area contributed by atoms with Crippen molar-refractivity contribution in [1.82, 2.24) is 5.32 Å². The minimum atomic E-state index is -0.831. The molecule has 33 heavy (non-hydrogen) atoms. The van der Waals surface area contributed by atoms with Crippen LogP contribution in [-0.4, -0.2) is 38.1 Å². The van der Waals surface area contributed by atoms with E-state index in [0.717, 1.165) is 38.5 Å². The van der Waals surface area contributed by atoms with E-state index in [4.69, 9.17) is 9.47 Å². The van der Waals surface area contributed by atoms with Crippen molar-refractivity contribution in [2.75, 3.05) is 19.1 Å². The number of unbranched alkanes of at least 4 members (excludes halogenated alkanes) is 1. The third-order valence-electron chi connectivity index (χ3n) is 6.11. The monoisotopic (exact) mass is 456 g/mol. The van der Waals surface area contributed by atoms with Gasteiger partial charge >= 0.3 is 0 Å². The van der Waals surface area contributed by atoms with Gasteiger partial charge in [0.05, 0.1) is 19.9 Å². The number of hydrogen-bond donors (Lipinski definition) is 1. The molecule has 2 aromatic carbocycles. The highest BCUT2D eigenvalue weighted by Crippen LogP contribution is 2.31. The fraction of sp³-hybridized carbons (Fsp3) is 0.462. The molecule has 0 aliphatic heterocycles. The molecule has 1 saturated carbocycles. The lowest BCUT2D eigenvalue weighted by atomic mass is 10.0. The van der Waals surface area contributed by atoms with Crippen LogP contribution in [0.25, 0.3) is 0 Å². The van der Waals surface area contributed by atoms with Crippen molar-refractivity contribution in [2.45, 2.75) is 64.0 Å². The van der Waals surface area contributed by atoms with E-state index in [2.05, 4.69) is 5.32 Å². The van der Waals surface area contributed by atoms with E-state index >= 15 is 0 Å². The van der Waals surface area contributed by atoms with Gasteiger partial charge < -0.3 is 14.8 Å². The number of para-hydroxylation sites is 1. The molecule has 0 bridgehead atoms. The number of carbonyl (C=O) groups is 2. The Bertz CT molecular complexity index is 959. The minimum Gasteiger partial charge on any atom is -0.493 e. The standard InChI is InChI=1S/C26H33FN2O4/c1-4-5-13-22(25(30)28-19-10-6-7-11-19)29(21-14-9-8-12-20(21)27)26(31)18-15-16-23(32-2)24(17-18)33-3/h8-9,12,14-17,19,22H,4-7,10-11,13H2,1-3H3,(H,28,30)/t22-/m0/s1. The number of carbonyl (C=O) groups excluding carboxylic acids is 2. The second-order valence-corrected chi connectivity index (χ2v) is 8.34. The van der Waals surface area contributed by atoms with Gasteiger partial charge in [0.15, 0.2) is 11.5 Å². The maximum absolute atomic E-state index is 15.0. The predicted molar refractivity (Wildman–Crippen MR) is 126 cm³/mol. The number of rotatable bonds is 10. The molecule has 0 saturated heterocycles. The Kier molecular flexibility index (Phi) is 8.69. The Morgan fingerprint density at radius 1 is 1.09 bits per heavy atom. The Morgan fingerprint density at radius 2 is 1.79 bits per heavy atom. The molecule has 1 fully saturated rings. The number of nitrogens with zero attached hydrogens (tertiary/aromatic N) is 1. The van der Waals surface area contributed by atoms with Gasteiger partial charge in [-0.1, -0.05) is 44.7 Å². The molecule has 7 heteroatoms. The van der Waals surface area contributed by atoms with Gasteiger partial charge in [0.25, 0.3) is 5.91 Å². The molecule has 0 heterocycles. The van der Waals surface area contributed by atoms with Crippen LogP contribution in [0.1, 0.15) is 62.2 Å². The summed E-state index contributed by atoms with van der Waals surface area (Å²) in [6.45, 7) is 2.02. The van der Waals surface area contributed by atoms with Crippen molar-refractivity contribution < 1.29 is 23.5 Å². The van der Waals surface area contributed by atoms with E-state index in [1.54, 1.807) is 30.3 Å². The van der Waals surface area contributed by atoms with Crippen molar-refractivity contribution in [3.05, 3.63) is 53.8 Å². The van der Waals surface area contributed by atoms with E-state index in [9.17, 15) is 14.0 Å². The molecule has 0 radical (unpaired) electrons. The smallest absolute Gasteiger partial charge is 0.259 e. The molecule has 178 valence electrons. The molecule has 0 unspecified atom stereocenters. The van der Waals surface area contributed by atoms with Crippen molar-refractivity contribution in [3.8, 4) is 11.5 Å². The quantitative estimate of drug-likeness (QED) is 0.540. The maximum Gasteiger partial charge on any atom is 0.259 e. The summed E-state index contributed by atoms with van der Waals surface area (Å²) < 4.78 is 25.6. The number of amides is 2. The third kappa shape index (κ3) is 5.83. The molecular formula is C26H33FN2O4. The lowest BCUT2D eigenvalue weighted by Gasteiger charge is -2.32. The first-order valence-electron chi connectivity index (χ1n) is 11.6. The predicted octanol–water partition coefficient (Wildman–Crippen LogP) is 5.11. The van der Waals surface area contributed by atoms with Gasteiger partial charge in [0, 0.05) is 11.6 Å². The van der Waals surface area contributed by atoms with Crippen LogP contribution in [0.4, 0.5) is 10.1 Å². The molecule has 1 atom stereocenters. The van der Waals surface area contributed by atoms with Crippen LogP contribution < -0.4 is 19.7 Å². The van der Waals surface area contributed by atoms with Gasteiger partial charge in [-0.25, -0.2) is 4.39 Å². The summed E-state index contributed by atoms with van der Waals surface area (Å²) in [6, 6.07) is 10.1. The maximum atomic E-state index is 15.0. The lowest BCUT2D eigenvalue weighted by molar-refractivity contribution is -0.123. The van der Waals surface area contributed by atoms with E-state index in [1.165, 1.54) is 31.3 Å². The van der Waals surface area contributed by atoms with E-state index in [0.29, 0.717) is 17.9 Å². The largest absolute Gasteiger partial charge is 0.493 e. The fourth-order valence-corrected chi connectivity index (χ4v) is 4.32. The normalized spacial score (nSPS) is 14.5. The SMILES string of the molecule is CCCC[C@@H](C(=O)NC1CCCC1)N(C(=O)c1ccc(OC)c(OC)c1)c1ccccc1F. The molecule has 3 rings (SSSR count). The molecule has 0 aromatic heterocycles.